The highest BCUT2D eigenvalue weighted by Crippen LogP contribution is 2.45. The smallest absolute Gasteiger partial charge is 0.228 e. The van der Waals surface area contributed by atoms with Gasteiger partial charge in [-0.2, -0.15) is 0 Å². The summed E-state index contributed by atoms with van der Waals surface area (Å²) in [5.41, 5.74) is 0.580. The van der Waals surface area contributed by atoms with Crippen LogP contribution in [0.1, 0.15) is 17.7 Å². The lowest BCUT2D eigenvalue weighted by atomic mass is 9.95. The van der Waals surface area contributed by atoms with Gasteiger partial charge in [-0.25, -0.2) is 0 Å². The number of benzene rings is 1. The average molecular weight is 371 g/mol. The Hall–Kier alpha value is -1.50. The molecule has 1 aliphatic heterocycles. The second kappa shape index (κ2) is 5.85. The van der Waals surface area contributed by atoms with Crippen LogP contribution in [0.4, 0.5) is 5.82 Å². The van der Waals surface area contributed by atoms with E-state index in [0.29, 0.717) is 33.7 Å². The van der Waals surface area contributed by atoms with E-state index in [1.165, 1.54) is 6.07 Å². The summed E-state index contributed by atoms with van der Waals surface area (Å²) in [4.78, 5) is 14.1. The first kappa shape index (κ1) is 16.4. The highest BCUT2D eigenvalue weighted by molar-refractivity contribution is 6.45. The zero-order valence-corrected chi connectivity index (χ0v) is 15.7. The third-order valence-electron chi connectivity index (χ3n) is 4.42. The Morgan fingerprint density at radius 1 is 1.43 bits per heavy atom. The SMILES string of the molecule is C[SiH2][C@@]1(c2c(O)ccc(Cl)c2Cl)CC(=O)N(c2cc(C)on2)C1. The highest BCUT2D eigenvalue weighted by atomic mass is 35.5. The number of carbonyl (C=O) groups excluding carboxylic acids is 1. The molecule has 1 N–H and O–H groups in total. The fourth-order valence-corrected chi connectivity index (χ4v) is 5.40. The predicted octanol–water partition coefficient (Wildman–Crippen LogP) is 2.84. The molecule has 8 heteroatoms. The van der Waals surface area contributed by atoms with Crippen molar-refractivity contribution < 1.29 is 14.4 Å². The Morgan fingerprint density at radius 2 is 2.17 bits per heavy atom. The van der Waals surface area contributed by atoms with E-state index in [0.717, 1.165) is 0 Å². The van der Waals surface area contributed by atoms with Crippen molar-refractivity contribution in [2.75, 3.05) is 11.4 Å². The van der Waals surface area contributed by atoms with Gasteiger partial charge in [-0.15, -0.1) is 0 Å². The normalized spacial score (nSPS) is 21.7. The lowest BCUT2D eigenvalue weighted by Crippen LogP contribution is -2.36. The van der Waals surface area contributed by atoms with Gasteiger partial charge in [0, 0.05) is 39.2 Å². The number of hydrogen-bond donors (Lipinski definition) is 1. The van der Waals surface area contributed by atoms with Gasteiger partial charge >= 0.3 is 0 Å². The van der Waals surface area contributed by atoms with Crippen molar-refractivity contribution in [3.8, 4) is 5.75 Å². The highest BCUT2D eigenvalue weighted by Gasteiger charge is 2.47. The van der Waals surface area contributed by atoms with Gasteiger partial charge in [-0.3, -0.25) is 9.69 Å². The third kappa shape index (κ3) is 2.64. The molecule has 1 aromatic heterocycles. The summed E-state index contributed by atoms with van der Waals surface area (Å²) in [6, 6.07) is 4.82. The van der Waals surface area contributed by atoms with Crippen LogP contribution < -0.4 is 4.90 Å². The molecular formula is C15H16Cl2N2O3Si. The van der Waals surface area contributed by atoms with Crippen molar-refractivity contribution in [1.82, 2.24) is 5.16 Å². The minimum absolute atomic E-state index is 0.0527. The molecular weight excluding hydrogens is 355 g/mol. The van der Waals surface area contributed by atoms with Crippen molar-refractivity contribution in [1.29, 1.82) is 0 Å². The molecule has 2 aromatic rings. The lowest BCUT2D eigenvalue weighted by molar-refractivity contribution is -0.117. The molecule has 5 nitrogen and oxygen atoms in total. The van der Waals surface area contributed by atoms with Gasteiger partial charge in [0.15, 0.2) is 5.82 Å². The van der Waals surface area contributed by atoms with Crippen LogP contribution in [0.2, 0.25) is 16.6 Å². The van der Waals surface area contributed by atoms with Crippen molar-refractivity contribution >= 4 is 44.4 Å². The van der Waals surface area contributed by atoms with Crippen molar-refractivity contribution in [2.45, 2.75) is 24.9 Å². The van der Waals surface area contributed by atoms with Crippen LogP contribution in [0.25, 0.3) is 0 Å². The van der Waals surface area contributed by atoms with E-state index in [2.05, 4.69) is 11.7 Å². The summed E-state index contributed by atoms with van der Waals surface area (Å²) in [5, 5.41) is 14.5. The summed E-state index contributed by atoms with van der Waals surface area (Å²) >= 11 is 12.5. The van der Waals surface area contributed by atoms with E-state index >= 15 is 0 Å². The fourth-order valence-electron chi connectivity index (χ4n) is 3.15. The van der Waals surface area contributed by atoms with Gasteiger partial charge < -0.3 is 9.63 Å². The van der Waals surface area contributed by atoms with Crippen LogP contribution in [0.15, 0.2) is 22.7 Å². The van der Waals surface area contributed by atoms with E-state index < -0.39 is 14.6 Å². The van der Waals surface area contributed by atoms with E-state index in [-0.39, 0.29) is 18.1 Å². The summed E-state index contributed by atoms with van der Waals surface area (Å²) in [6.07, 6.45) is 0.287. The molecule has 1 atom stereocenters. The van der Waals surface area contributed by atoms with Gasteiger partial charge in [0.1, 0.15) is 11.5 Å². The Morgan fingerprint density at radius 3 is 2.78 bits per heavy atom. The van der Waals surface area contributed by atoms with Crippen molar-refractivity contribution in [3.05, 3.63) is 39.6 Å². The van der Waals surface area contributed by atoms with Crippen LogP contribution in [-0.4, -0.2) is 32.2 Å². The lowest BCUT2D eigenvalue weighted by Gasteiger charge is -2.29. The molecule has 2 heterocycles. The molecule has 0 saturated carbocycles. The van der Waals surface area contributed by atoms with Gasteiger partial charge in [0.05, 0.1) is 10.0 Å². The molecule has 3 rings (SSSR count). The van der Waals surface area contributed by atoms with Gasteiger partial charge in [-0.1, -0.05) is 34.9 Å². The molecule has 0 bridgehead atoms. The number of phenolic OH excluding ortho intramolecular Hbond substituents is 1. The molecule has 1 saturated heterocycles. The zero-order valence-electron chi connectivity index (χ0n) is 12.8. The summed E-state index contributed by atoms with van der Waals surface area (Å²) in [5.74, 6) is 1.17. The molecule has 1 amide bonds. The maximum absolute atomic E-state index is 12.5. The van der Waals surface area contributed by atoms with E-state index in [4.69, 9.17) is 27.7 Å². The number of rotatable bonds is 3. The number of aryl methyl sites for hydroxylation is 1. The number of halogens is 2. The number of amides is 1. The van der Waals surface area contributed by atoms with Crippen LogP contribution in [0, 0.1) is 6.92 Å². The molecule has 1 aliphatic rings. The van der Waals surface area contributed by atoms with E-state index in [9.17, 15) is 9.90 Å². The molecule has 0 unspecified atom stereocenters. The fraction of sp³-hybridized carbons (Fsp3) is 0.333. The second-order valence-corrected chi connectivity index (χ2v) is 8.69. The molecule has 0 radical (unpaired) electrons. The minimum Gasteiger partial charge on any atom is -0.508 e. The number of aromatic hydroxyl groups is 1. The molecule has 1 aromatic carbocycles. The van der Waals surface area contributed by atoms with Gasteiger partial charge in [0.25, 0.3) is 0 Å². The van der Waals surface area contributed by atoms with Crippen LogP contribution in [0.3, 0.4) is 0 Å². The molecule has 0 aliphatic carbocycles. The predicted molar refractivity (Wildman–Crippen MR) is 92.4 cm³/mol. The number of carbonyl (C=O) groups is 1. The number of aromatic nitrogens is 1. The number of hydrogen-bond acceptors (Lipinski definition) is 4. The first-order chi connectivity index (χ1) is 10.9. The zero-order chi connectivity index (χ0) is 16.8. The monoisotopic (exact) mass is 370 g/mol. The largest absolute Gasteiger partial charge is 0.508 e. The standard InChI is InChI=1S/C15H16Cl2N2O3Si/c1-8-5-11(18-22-8)19-7-15(23-2,6-12(19)21)13-10(20)4-3-9(16)14(13)17/h3-5,20H,6-7,23H2,1-2H3/t15-/m0/s1. The van der Waals surface area contributed by atoms with E-state index in [1.807, 2.05) is 0 Å². The van der Waals surface area contributed by atoms with Crippen molar-refractivity contribution in [3.63, 3.8) is 0 Å². The third-order valence-corrected chi connectivity index (χ3v) is 7.41. The van der Waals surface area contributed by atoms with Crippen molar-refractivity contribution in [2.24, 2.45) is 0 Å². The maximum atomic E-state index is 12.5. The Balaban J connectivity index is 2.07. The first-order valence-corrected chi connectivity index (χ1v) is 10.2. The molecule has 122 valence electrons. The van der Waals surface area contributed by atoms with Crippen LogP contribution in [0.5, 0.6) is 5.75 Å². The summed E-state index contributed by atoms with van der Waals surface area (Å²) < 4.78 is 5.07. The van der Waals surface area contributed by atoms with Gasteiger partial charge in [0.2, 0.25) is 5.91 Å². The first-order valence-electron chi connectivity index (χ1n) is 7.29. The summed E-state index contributed by atoms with van der Waals surface area (Å²) in [6.45, 7) is 4.30. The topological polar surface area (TPSA) is 66.6 Å². The summed E-state index contributed by atoms with van der Waals surface area (Å²) in [7, 11) is -0.759. The minimum atomic E-state index is -0.759. The molecule has 0 spiro atoms. The Labute approximate surface area is 146 Å². The average Bonchev–Trinajstić information content (AvgIpc) is 3.08. The quantitative estimate of drug-likeness (QED) is 0.843. The second-order valence-electron chi connectivity index (χ2n) is 5.84. The number of anilines is 1. The molecule has 1 fully saturated rings. The van der Waals surface area contributed by atoms with Gasteiger partial charge in [-0.05, 0) is 19.1 Å². The van der Waals surface area contributed by atoms with Crippen LogP contribution in [-0.2, 0) is 9.83 Å². The Kier molecular flexibility index (Phi) is 4.16. The number of phenols is 1. The molecule has 23 heavy (non-hydrogen) atoms. The number of nitrogens with zero attached hydrogens (tertiary/aromatic N) is 2. The Bertz CT molecular complexity index is 780. The van der Waals surface area contributed by atoms with Crippen LogP contribution >= 0.6 is 23.2 Å². The van der Waals surface area contributed by atoms with E-state index in [1.54, 1.807) is 24.0 Å². The maximum Gasteiger partial charge on any atom is 0.228 e.